The molecule has 88 valence electrons. The molecule has 2 aromatic heterocycles. The molecule has 2 heterocycles. The van der Waals surface area contributed by atoms with Crippen molar-refractivity contribution >= 4 is 22.4 Å². The summed E-state index contributed by atoms with van der Waals surface area (Å²) in [6.07, 6.45) is 5.37. The van der Waals surface area contributed by atoms with Gasteiger partial charge in [0.1, 0.15) is 0 Å². The third kappa shape index (κ3) is 1.83. The fraction of sp³-hybridized carbons (Fsp3) is 0.0714. The molecule has 3 aromatic rings. The van der Waals surface area contributed by atoms with Crippen molar-refractivity contribution in [3.05, 3.63) is 53.7 Å². The Balaban J connectivity index is 2.35. The number of aryl methyl sites for hydroxylation is 1. The number of rotatable bonds is 1. The van der Waals surface area contributed by atoms with Crippen LogP contribution < -0.4 is 0 Å². The Hall–Kier alpha value is -2.00. The van der Waals surface area contributed by atoms with Gasteiger partial charge in [0, 0.05) is 29.5 Å². The molecule has 0 spiro atoms. The predicted molar refractivity (Wildman–Crippen MR) is 72.5 cm³/mol. The van der Waals surface area contributed by atoms with Crippen molar-refractivity contribution in [1.82, 2.24) is 15.0 Å². The van der Waals surface area contributed by atoms with Gasteiger partial charge in [-0.15, -0.1) is 0 Å². The summed E-state index contributed by atoms with van der Waals surface area (Å²) in [6.45, 7) is 1.98. The van der Waals surface area contributed by atoms with Gasteiger partial charge in [0.25, 0.3) is 0 Å². The maximum absolute atomic E-state index is 5.88. The van der Waals surface area contributed by atoms with Gasteiger partial charge in [-0.2, -0.15) is 0 Å². The lowest BCUT2D eigenvalue weighted by Gasteiger charge is -2.08. The van der Waals surface area contributed by atoms with E-state index < -0.39 is 0 Å². The van der Waals surface area contributed by atoms with Crippen molar-refractivity contribution in [2.45, 2.75) is 6.92 Å². The second kappa shape index (κ2) is 4.35. The van der Waals surface area contributed by atoms with Crippen LogP contribution in [0.15, 0.2) is 42.9 Å². The van der Waals surface area contributed by atoms with Crippen LogP contribution >= 0.6 is 11.6 Å². The molecule has 0 aliphatic heterocycles. The van der Waals surface area contributed by atoms with Crippen molar-refractivity contribution in [1.29, 1.82) is 0 Å². The molecule has 0 saturated carbocycles. The molecule has 0 N–H and O–H groups in total. The summed E-state index contributed by atoms with van der Waals surface area (Å²) in [6, 6.07) is 8.05. The van der Waals surface area contributed by atoms with Gasteiger partial charge in [0.15, 0.2) is 0 Å². The minimum atomic E-state index is 0.265. The molecule has 4 heteroatoms. The van der Waals surface area contributed by atoms with E-state index in [0.29, 0.717) is 0 Å². The predicted octanol–water partition coefficient (Wildman–Crippen LogP) is 3.65. The first kappa shape index (κ1) is 11.1. The number of halogens is 1. The summed E-state index contributed by atoms with van der Waals surface area (Å²) in [7, 11) is 0. The summed E-state index contributed by atoms with van der Waals surface area (Å²) < 4.78 is 0. The van der Waals surface area contributed by atoms with Gasteiger partial charge < -0.3 is 0 Å². The lowest BCUT2D eigenvalue weighted by Crippen LogP contribution is -1.92. The Morgan fingerprint density at radius 3 is 2.89 bits per heavy atom. The quantitative estimate of drug-likeness (QED) is 0.623. The largest absolute Gasteiger partial charge is 0.264 e. The molecule has 1 aromatic carbocycles. The number of nitrogens with zero attached hydrogens (tertiary/aromatic N) is 3. The lowest BCUT2D eigenvalue weighted by molar-refractivity contribution is 1.14. The van der Waals surface area contributed by atoms with E-state index in [1.54, 1.807) is 12.4 Å². The molecule has 18 heavy (non-hydrogen) atoms. The van der Waals surface area contributed by atoms with Crippen LogP contribution in [0.1, 0.15) is 5.56 Å². The van der Waals surface area contributed by atoms with Gasteiger partial charge in [-0.1, -0.05) is 18.2 Å². The summed E-state index contributed by atoms with van der Waals surface area (Å²) in [4.78, 5) is 12.4. The van der Waals surface area contributed by atoms with Crippen molar-refractivity contribution in [2.24, 2.45) is 0 Å². The minimum absolute atomic E-state index is 0.265. The molecular weight excluding hydrogens is 246 g/mol. The molecule has 0 amide bonds. The molecule has 3 rings (SSSR count). The molecule has 3 nitrogen and oxygen atoms in total. The summed E-state index contributed by atoms with van der Waals surface area (Å²) >= 11 is 5.88. The lowest BCUT2D eigenvalue weighted by atomic mass is 10.0. The molecule has 0 unspecified atom stereocenters. The van der Waals surface area contributed by atoms with Crippen molar-refractivity contribution in [2.75, 3.05) is 0 Å². The zero-order valence-corrected chi connectivity index (χ0v) is 10.5. The molecule has 0 radical (unpaired) electrons. The summed E-state index contributed by atoms with van der Waals surface area (Å²) in [5.41, 5.74) is 2.92. The normalized spacial score (nSPS) is 10.8. The highest BCUT2D eigenvalue weighted by atomic mass is 35.5. The van der Waals surface area contributed by atoms with E-state index in [0.717, 1.165) is 27.6 Å². The minimum Gasteiger partial charge on any atom is -0.264 e. The van der Waals surface area contributed by atoms with Crippen molar-refractivity contribution in [3.8, 4) is 11.3 Å². The smallest absolute Gasteiger partial charge is 0.222 e. The van der Waals surface area contributed by atoms with Gasteiger partial charge in [0.05, 0.1) is 5.69 Å². The average Bonchev–Trinajstić information content (AvgIpc) is 2.41. The van der Waals surface area contributed by atoms with Gasteiger partial charge >= 0.3 is 0 Å². The van der Waals surface area contributed by atoms with Gasteiger partial charge in [0.2, 0.25) is 5.28 Å². The summed E-state index contributed by atoms with van der Waals surface area (Å²) in [5, 5.41) is 2.47. The van der Waals surface area contributed by atoms with Crippen molar-refractivity contribution < 1.29 is 0 Å². The van der Waals surface area contributed by atoms with E-state index in [1.165, 1.54) is 0 Å². The van der Waals surface area contributed by atoms with Crippen molar-refractivity contribution in [3.63, 3.8) is 0 Å². The Kier molecular flexibility index (Phi) is 2.68. The molecule has 0 fully saturated rings. The highest BCUT2D eigenvalue weighted by Gasteiger charge is 2.09. The fourth-order valence-electron chi connectivity index (χ4n) is 2.02. The highest BCUT2D eigenvalue weighted by molar-refractivity contribution is 6.28. The van der Waals surface area contributed by atoms with Crippen LogP contribution in [0, 0.1) is 6.92 Å². The van der Waals surface area contributed by atoms with Crippen LogP contribution in [0.4, 0.5) is 0 Å². The zero-order chi connectivity index (χ0) is 12.5. The standard InChI is InChI=1S/C14H10ClN3/c1-9-7-17-14(15)18-13(9)12-4-2-3-10-8-16-6-5-11(10)12/h2-8H,1H3. The van der Waals surface area contributed by atoms with E-state index >= 15 is 0 Å². The van der Waals surface area contributed by atoms with E-state index in [-0.39, 0.29) is 5.28 Å². The number of pyridine rings is 1. The SMILES string of the molecule is Cc1cnc(Cl)nc1-c1cccc2cnccc12. The Morgan fingerprint density at radius 1 is 1.11 bits per heavy atom. The van der Waals surface area contributed by atoms with E-state index in [2.05, 4.69) is 15.0 Å². The first-order valence-electron chi connectivity index (χ1n) is 5.58. The molecule has 0 saturated heterocycles. The molecule has 0 aliphatic rings. The van der Waals surface area contributed by atoms with Gasteiger partial charge in [-0.3, -0.25) is 4.98 Å². The maximum atomic E-state index is 5.88. The fourth-order valence-corrected chi connectivity index (χ4v) is 2.16. The van der Waals surface area contributed by atoms with Crippen LogP contribution in [0.5, 0.6) is 0 Å². The third-order valence-electron chi connectivity index (χ3n) is 2.88. The number of fused-ring (bicyclic) bond motifs is 1. The second-order valence-corrected chi connectivity index (χ2v) is 4.41. The highest BCUT2D eigenvalue weighted by Crippen LogP contribution is 2.29. The molecular formula is C14H10ClN3. The molecule has 0 atom stereocenters. The van der Waals surface area contributed by atoms with Gasteiger partial charge in [-0.25, -0.2) is 9.97 Å². The van der Waals surface area contributed by atoms with Crippen LogP contribution in [0.25, 0.3) is 22.0 Å². The zero-order valence-electron chi connectivity index (χ0n) is 9.76. The Morgan fingerprint density at radius 2 is 2.00 bits per heavy atom. The Bertz CT molecular complexity index is 720. The molecule has 0 bridgehead atoms. The first-order valence-corrected chi connectivity index (χ1v) is 5.96. The number of hydrogen-bond donors (Lipinski definition) is 0. The van der Waals surface area contributed by atoms with Crippen LogP contribution in [-0.4, -0.2) is 15.0 Å². The third-order valence-corrected chi connectivity index (χ3v) is 3.06. The maximum Gasteiger partial charge on any atom is 0.222 e. The van der Waals surface area contributed by atoms with Crippen LogP contribution in [0.2, 0.25) is 5.28 Å². The average molecular weight is 256 g/mol. The van der Waals surface area contributed by atoms with Gasteiger partial charge in [-0.05, 0) is 35.5 Å². The van der Waals surface area contributed by atoms with E-state index in [9.17, 15) is 0 Å². The number of benzene rings is 1. The summed E-state index contributed by atoms with van der Waals surface area (Å²) in [5.74, 6) is 0. The first-order chi connectivity index (χ1) is 8.75. The topological polar surface area (TPSA) is 38.7 Å². The van der Waals surface area contributed by atoms with Crippen LogP contribution in [-0.2, 0) is 0 Å². The van der Waals surface area contributed by atoms with Crippen LogP contribution in [0.3, 0.4) is 0 Å². The van der Waals surface area contributed by atoms with E-state index in [1.807, 2.05) is 37.4 Å². The number of hydrogen-bond acceptors (Lipinski definition) is 3. The number of aromatic nitrogens is 3. The Labute approximate surface area is 109 Å². The second-order valence-electron chi connectivity index (χ2n) is 4.07. The monoisotopic (exact) mass is 255 g/mol. The molecule has 0 aliphatic carbocycles. The van der Waals surface area contributed by atoms with E-state index in [4.69, 9.17) is 11.6 Å².